The molecule has 0 spiro atoms. The Bertz CT molecular complexity index is 908. The van der Waals surface area contributed by atoms with Crippen LogP contribution in [-0.4, -0.2) is 9.78 Å². The van der Waals surface area contributed by atoms with Crippen molar-refractivity contribution in [3.05, 3.63) is 76.6 Å². The van der Waals surface area contributed by atoms with Crippen molar-refractivity contribution < 1.29 is 9.13 Å². The van der Waals surface area contributed by atoms with E-state index < -0.39 is 0 Å². The summed E-state index contributed by atoms with van der Waals surface area (Å²) in [4.78, 5) is 0. The van der Waals surface area contributed by atoms with Gasteiger partial charge in [0.25, 0.3) is 5.88 Å². The van der Waals surface area contributed by atoms with E-state index in [-0.39, 0.29) is 29.7 Å². The van der Waals surface area contributed by atoms with Gasteiger partial charge in [-0.25, -0.2) is 9.07 Å². The van der Waals surface area contributed by atoms with Crippen molar-refractivity contribution in [3.8, 4) is 11.9 Å². The van der Waals surface area contributed by atoms with Crippen LogP contribution in [-0.2, 0) is 13.2 Å². The fourth-order valence-electron chi connectivity index (χ4n) is 2.38. The molecular formula is C19H17FN4O. The summed E-state index contributed by atoms with van der Waals surface area (Å²) in [6.45, 7) is 2.64. The molecule has 0 amide bonds. The topological polar surface area (TPSA) is 76.9 Å². The monoisotopic (exact) mass is 336 g/mol. The number of benzene rings is 2. The van der Waals surface area contributed by atoms with Gasteiger partial charge in [0, 0.05) is 0 Å². The lowest BCUT2D eigenvalue weighted by molar-refractivity contribution is 0.289. The number of nitrogens with zero attached hydrogens (tertiary/aromatic N) is 3. The molecule has 3 rings (SSSR count). The van der Waals surface area contributed by atoms with Crippen molar-refractivity contribution in [1.82, 2.24) is 9.78 Å². The lowest BCUT2D eigenvalue weighted by Crippen LogP contribution is -2.06. The van der Waals surface area contributed by atoms with E-state index in [1.165, 1.54) is 17.7 Å². The van der Waals surface area contributed by atoms with Crippen LogP contribution in [0.4, 0.5) is 10.2 Å². The molecule has 0 aliphatic heterocycles. The second kappa shape index (κ2) is 7.05. The summed E-state index contributed by atoms with van der Waals surface area (Å²) < 4.78 is 20.1. The zero-order chi connectivity index (χ0) is 17.8. The van der Waals surface area contributed by atoms with Gasteiger partial charge in [0.15, 0.2) is 5.56 Å². The third-order valence-electron chi connectivity index (χ3n) is 3.81. The fraction of sp³-hybridized carbons (Fsp3) is 0.158. The number of nitrogen functional groups attached to an aromatic ring is 1. The number of hydrogen-bond donors (Lipinski definition) is 1. The average molecular weight is 336 g/mol. The smallest absolute Gasteiger partial charge is 0.253 e. The van der Waals surface area contributed by atoms with Crippen LogP contribution < -0.4 is 10.5 Å². The minimum atomic E-state index is -0.312. The van der Waals surface area contributed by atoms with E-state index in [1.807, 2.05) is 37.3 Å². The average Bonchev–Trinajstić information content (AvgIpc) is 2.91. The van der Waals surface area contributed by atoms with Gasteiger partial charge < -0.3 is 10.5 Å². The first kappa shape index (κ1) is 16.5. The standard InChI is InChI=1S/C19H17FN4O/c1-13-2-4-14(5-3-13)11-24-18(22)17(10-21)19(23-24)25-12-15-6-8-16(20)9-7-15/h2-9H,11-12,22H2,1H3. The van der Waals surface area contributed by atoms with Crippen LogP contribution in [0.15, 0.2) is 48.5 Å². The predicted octanol–water partition coefficient (Wildman–Crippen LogP) is 3.41. The van der Waals surface area contributed by atoms with Crippen molar-refractivity contribution in [2.45, 2.75) is 20.1 Å². The van der Waals surface area contributed by atoms with Crippen molar-refractivity contribution in [3.63, 3.8) is 0 Å². The number of halogens is 1. The molecule has 0 aliphatic carbocycles. The van der Waals surface area contributed by atoms with Crippen LogP contribution in [0.2, 0.25) is 0 Å². The molecule has 1 aromatic heterocycles. The first-order chi connectivity index (χ1) is 12.1. The highest BCUT2D eigenvalue weighted by Crippen LogP contribution is 2.24. The van der Waals surface area contributed by atoms with Crippen LogP contribution in [0.25, 0.3) is 0 Å². The molecule has 1 heterocycles. The Kier molecular flexibility index (Phi) is 4.66. The van der Waals surface area contributed by atoms with Gasteiger partial charge in [0.05, 0.1) is 6.54 Å². The summed E-state index contributed by atoms with van der Waals surface area (Å²) in [5.41, 5.74) is 9.20. The molecule has 25 heavy (non-hydrogen) atoms. The second-order valence-electron chi connectivity index (χ2n) is 5.74. The molecule has 0 atom stereocenters. The van der Waals surface area contributed by atoms with Gasteiger partial charge >= 0.3 is 0 Å². The first-order valence-corrected chi connectivity index (χ1v) is 7.76. The lowest BCUT2D eigenvalue weighted by atomic mass is 10.1. The molecule has 0 bridgehead atoms. The van der Waals surface area contributed by atoms with E-state index in [1.54, 1.807) is 16.8 Å². The van der Waals surface area contributed by atoms with Gasteiger partial charge in [-0.2, -0.15) is 5.26 Å². The quantitative estimate of drug-likeness (QED) is 0.774. The van der Waals surface area contributed by atoms with Gasteiger partial charge in [-0.05, 0) is 30.2 Å². The van der Waals surface area contributed by atoms with Crippen LogP contribution in [0.1, 0.15) is 22.3 Å². The van der Waals surface area contributed by atoms with E-state index >= 15 is 0 Å². The maximum Gasteiger partial charge on any atom is 0.253 e. The molecule has 0 radical (unpaired) electrons. The number of ether oxygens (including phenoxy) is 1. The molecule has 0 fully saturated rings. The molecule has 0 saturated heterocycles. The number of aryl methyl sites for hydroxylation is 1. The van der Waals surface area contributed by atoms with Gasteiger partial charge in [-0.15, -0.1) is 5.10 Å². The van der Waals surface area contributed by atoms with E-state index in [4.69, 9.17) is 10.5 Å². The largest absolute Gasteiger partial charge is 0.471 e. The molecule has 5 nitrogen and oxygen atoms in total. The number of anilines is 1. The molecule has 2 N–H and O–H groups in total. The Morgan fingerprint density at radius 1 is 1.12 bits per heavy atom. The highest BCUT2D eigenvalue weighted by Gasteiger charge is 2.17. The number of nitriles is 1. The Morgan fingerprint density at radius 3 is 2.40 bits per heavy atom. The van der Waals surface area contributed by atoms with Crippen LogP contribution in [0.5, 0.6) is 5.88 Å². The number of hydrogen-bond acceptors (Lipinski definition) is 4. The third kappa shape index (κ3) is 3.78. The van der Waals surface area contributed by atoms with E-state index in [2.05, 4.69) is 5.10 Å². The summed E-state index contributed by atoms with van der Waals surface area (Å²) in [5.74, 6) is 0.127. The van der Waals surface area contributed by atoms with Gasteiger partial charge in [-0.3, -0.25) is 0 Å². The maximum absolute atomic E-state index is 12.9. The van der Waals surface area contributed by atoms with E-state index in [9.17, 15) is 9.65 Å². The van der Waals surface area contributed by atoms with Crippen LogP contribution in [0.3, 0.4) is 0 Å². The zero-order valence-electron chi connectivity index (χ0n) is 13.7. The Hall–Kier alpha value is -3.33. The highest BCUT2D eigenvalue weighted by molar-refractivity contribution is 5.55. The van der Waals surface area contributed by atoms with Gasteiger partial charge in [0.1, 0.15) is 24.3 Å². The van der Waals surface area contributed by atoms with Crippen LogP contribution in [0, 0.1) is 24.1 Å². The normalized spacial score (nSPS) is 10.4. The SMILES string of the molecule is Cc1ccc(Cn2nc(OCc3ccc(F)cc3)c(C#N)c2N)cc1. The fourth-order valence-corrected chi connectivity index (χ4v) is 2.38. The summed E-state index contributed by atoms with van der Waals surface area (Å²) in [5, 5.41) is 13.6. The molecule has 0 aliphatic rings. The van der Waals surface area contributed by atoms with Gasteiger partial charge in [-0.1, -0.05) is 42.0 Å². The maximum atomic E-state index is 12.9. The van der Waals surface area contributed by atoms with E-state index in [0.29, 0.717) is 6.54 Å². The molecular weight excluding hydrogens is 319 g/mol. The third-order valence-corrected chi connectivity index (χ3v) is 3.81. The summed E-state index contributed by atoms with van der Waals surface area (Å²) in [6, 6.07) is 16.0. The lowest BCUT2D eigenvalue weighted by Gasteiger charge is -2.05. The van der Waals surface area contributed by atoms with Crippen molar-refractivity contribution in [1.29, 1.82) is 5.26 Å². The predicted molar refractivity (Wildman–Crippen MR) is 92.4 cm³/mol. The Balaban J connectivity index is 1.79. The van der Waals surface area contributed by atoms with Crippen molar-refractivity contribution in [2.75, 3.05) is 5.73 Å². The summed E-state index contributed by atoms with van der Waals surface area (Å²) in [6.07, 6.45) is 0. The summed E-state index contributed by atoms with van der Waals surface area (Å²) in [7, 11) is 0. The number of aromatic nitrogens is 2. The molecule has 0 unspecified atom stereocenters. The first-order valence-electron chi connectivity index (χ1n) is 7.76. The zero-order valence-corrected chi connectivity index (χ0v) is 13.7. The minimum Gasteiger partial charge on any atom is -0.471 e. The summed E-state index contributed by atoms with van der Waals surface area (Å²) >= 11 is 0. The molecule has 126 valence electrons. The number of nitrogens with two attached hydrogens (primary N) is 1. The molecule has 0 saturated carbocycles. The second-order valence-corrected chi connectivity index (χ2v) is 5.74. The Morgan fingerprint density at radius 2 is 1.76 bits per heavy atom. The molecule has 6 heteroatoms. The van der Waals surface area contributed by atoms with Crippen molar-refractivity contribution in [2.24, 2.45) is 0 Å². The number of rotatable bonds is 5. The van der Waals surface area contributed by atoms with Crippen LogP contribution >= 0.6 is 0 Å². The Labute approximate surface area is 145 Å². The van der Waals surface area contributed by atoms with Crippen molar-refractivity contribution >= 4 is 5.82 Å². The highest BCUT2D eigenvalue weighted by atomic mass is 19.1. The van der Waals surface area contributed by atoms with Gasteiger partial charge in [0.2, 0.25) is 0 Å². The molecule has 2 aromatic carbocycles. The minimum absolute atomic E-state index is 0.177. The molecule has 3 aromatic rings. The van der Waals surface area contributed by atoms with E-state index in [0.717, 1.165) is 11.1 Å².